The van der Waals surface area contributed by atoms with Gasteiger partial charge in [-0.05, 0) is 24.1 Å². The number of carbonyl (C=O) groups excluding carboxylic acids is 1. The van der Waals surface area contributed by atoms with Gasteiger partial charge >= 0.3 is 0 Å². The lowest BCUT2D eigenvalue weighted by Crippen LogP contribution is -2.24. The molecular weight excluding hydrogens is 348 g/mol. The van der Waals surface area contributed by atoms with E-state index in [1.54, 1.807) is 6.07 Å². The largest absolute Gasteiger partial charge is 0.366 e. The molecule has 26 heavy (non-hydrogen) atoms. The van der Waals surface area contributed by atoms with Gasteiger partial charge in [0.05, 0.1) is 0 Å². The van der Waals surface area contributed by atoms with Crippen molar-refractivity contribution in [3.8, 4) is 0 Å². The van der Waals surface area contributed by atoms with Gasteiger partial charge < -0.3 is 10.6 Å². The first-order chi connectivity index (χ1) is 12.6. The summed E-state index contributed by atoms with van der Waals surface area (Å²) in [6.45, 7) is 2.99. The molecule has 3 aromatic rings. The number of hydrogen-bond acceptors (Lipinski definition) is 4. The number of aromatic nitrogens is 2. The van der Waals surface area contributed by atoms with Gasteiger partial charge in [-0.15, -0.1) is 0 Å². The van der Waals surface area contributed by atoms with Crippen molar-refractivity contribution >= 4 is 23.3 Å². The Morgan fingerprint density at radius 2 is 1.88 bits per heavy atom. The van der Waals surface area contributed by atoms with Gasteiger partial charge in [0.1, 0.15) is 17.8 Å². The number of carbonyl (C=O) groups is 1. The number of nitrogens with one attached hydrogen (secondary N) is 2. The smallest absolute Gasteiger partial charge is 0.270 e. The van der Waals surface area contributed by atoms with Gasteiger partial charge in [-0.25, -0.2) is 9.97 Å². The summed E-state index contributed by atoms with van der Waals surface area (Å²) in [5.41, 5.74) is 3.47. The van der Waals surface area contributed by atoms with Crippen LogP contribution in [-0.2, 0) is 13.1 Å². The van der Waals surface area contributed by atoms with Crippen molar-refractivity contribution in [1.29, 1.82) is 0 Å². The van der Waals surface area contributed by atoms with Crippen LogP contribution < -0.4 is 10.6 Å². The second kappa shape index (κ2) is 8.45. The first kappa shape index (κ1) is 17.9. The molecule has 0 aliphatic carbocycles. The Morgan fingerprint density at radius 1 is 1.04 bits per heavy atom. The van der Waals surface area contributed by atoms with Crippen LogP contribution in [-0.4, -0.2) is 15.9 Å². The van der Waals surface area contributed by atoms with E-state index in [-0.39, 0.29) is 5.91 Å². The summed E-state index contributed by atoms with van der Waals surface area (Å²) in [6.07, 6.45) is 1.37. The Kier molecular flexibility index (Phi) is 5.81. The minimum absolute atomic E-state index is 0.241. The molecule has 1 aromatic heterocycles. The highest BCUT2D eigenvalue weighted by Gasteiger charge is 2.09. The summed E-state index contributed by atoms with van der Waals surface area (Å²) < 4.78 is 0. The van der Waals surface area contributed by atoms with Crippen LogP contribution in [0.1, 0.15) is 27.2 Å². The number of rotatable bonds is 6. The summed E-state index contributed by atoms with van der Waals surface area (Å²) in [5, 5.41) is 6.72. The average molecular weight is 367 g/mol. The van der Waals surface area contributed by atoms with E-state index in [2.05, 4.69) is 20.6 Å². The molecule has 3 rings (SSSR count). The van der Waals surface area contributed by atoms with E-state index in [1.165, 1.54) is 6.33 Å². The highest BCUT2D eigenvalue weighted by Crippen LogP contribution is 2.16. The number of halogens is 1. The summed E-state index contributed by atoms with van der Waals surface area (Å²) in [5.74, 6) is 0.329. The van der Waals surface area contributed by atoms with Crippen LogP contribution in [0.15, 0.2) is 60.9 Å². The number of benzene rings is 2. The second-order valence-electron chi connectivity index (χ2n) is 5.91. The van der Waals surface area contributed by atoms with Crippen LogP contribution in [0.2, 0.25) is 5.02 Å². The third kappa shape index (κ3) is 4.80. The van der Waals surface area contributed by atoms with Crippen molar-refractivity contribution in [2.45, 2.75) is 20.0 Å². The molecule has 5 nitrogen and oxygen atoms in total. The Balaban J connectivity index is 1.61. The number of amides is 1. The molecule has 132 valence electrons. The van der Waals surface area contributed by atoms with Crippen LogP contribution in [0, 0.1) is 6.92 Å². The lowest BCUT2D eigenvalue weighted by atomic mass is 10.1. The van der Waals surface area contributed by atoms with Gasteiger partial charge in [0.25, 0.3) is 5.91 Å². The van der Waals surface area contributed by atoms with Gasteiger partial charge in [0.2, 0.25) is 0 Å². The van der Waals surface area contributed by atoms with E-state index in [4.69, 9.17) is 11.6 Å². The first-order valence-corrected chi connectivity index (χ1v) is 8.62. The zero-order valence-electron chi connectivity index (χ0n) is 14.4. The Labute approximate surface area is 157 Å². The summed E-state index contributed by atoms with van der Waals surface area (Å²) in [6, 6.07) is 17.2. The van der Waals surface area contributed by atoms with Gasteiger partial charge in [-0.1, -0.05) is 59.6 Å². The molecule has 0 fully saturated rings. The fourth-order valence-corrected chi connectivity index (χ4v) is 2.70. The molecule has 6 heteroatoms. The van der Waals surface area contributed by atoms with E-state index >= 15 is 0 Å². The van der Waals surface area contributed by atoms with Gasteiger partial charge in [0.15, 0.2) is 0 Å². The molecule has 0 radical (unpaired) electrons. The van der Waals surface area contributed by atoms with Crippen molar-refractivity contribution in [3.63, 3.8) is 0 Å². The maximum Gasteiger partial charge on any atom is 0.270 e. The third-order valence-electron chi connectivity index (χ3n) is 3.85. The minimum Gasteiger partial charge on any atom is -0.366 e. The van der Waals surface area contributed by atoms with Crippen molar-refractivity contribution in [3.05, 3.63) is 88.3 Å². The fourth-order valence-electron chi connectivity index (χ4n) is 2.50. The maximum atomic E-state index is 12.3. The number of anilines is 1. The highest BCUT2D eigenvalue weighted by atomic mass is 35.5. The first-order valence-electron chi connectivity index (χ1n) is 8.25. The predicted molar refractivity (Wildman–Crippen MR) is 103 cm³/mol. The Morgan fingerprint density at radius 3 is 2.69 bits per heavy atom. The normalized spacial score (nSPS) is 10.4. The molecule has 1 amide bonds. The van der Waals surface area contributed by atoms with E-state index in [0.29, 0.717) is 29.6 Å². The van der Waals surface area contributed by atoms with Gasteiger partial charge in [-0.3, -0.25) is 4.79 Å². The molecule has 0 bridgehead atoms. The quantitative estimate of drug-likeness (QED) is 0.692. The van der Waals surface area contributed by atoms with Crippen molar-refractivity contribution in [2.24, 2.45) is 0 Å². The Hall–Kier alpha value is -2.92. The molecule has 0 unspecified atom stereocenters. The van der Waals surface area contributed by atoms with Crippen molar-refractivity contribution in [2.75, 3.05) is 5.32 Å². The lowest BCUT2D eigenvalue weighted by Gasteiger charge is -2.09. The topological polar surface area (TPSA) is 66.9 Å². The molecule has 2 N–H and O–H groups in total. The molecule has 2 aromatic carbocycles. The van der Waals surface area contributed by atoms with Crippen LogP contribution in [0.3, 0.4) is 0 Å². The minimum atomic E-state index is -0.241. The van der Waals surface area contributed by atoms with Crippen LogP contribution >= 0.6 is 11.6 Å². The van der Waals surface area contributed by atoms with E-state index in [0.717, 1.165) is 16.7 Å². The van der Waals surface area contributed by atoms with Crippen molar-refractivity contribution < 1.29 is 4.79 Å². The summed E-state index contributed by atoms with van der Waals surface area (Å²) in [7, 11) is 0. The van der Waals surface area contributed by atoms with Crippen LogP contribution in [0.4, 0.5) is 5.82 Å². The lowest BCUT2D eigenvalue weighted by molar-refractivity contribution is 0.0946. The van der Waals surface area contributed by atoms with E-state index in [1.807, 2.05) is 55.5 Å². The molecule has 1 heterocycles. The number of hydrogen-bond donors (Lipinski definition) is 2. The van der Waals surface area contributed by atoms with Crippen LogP contribution in [0.5, 0.6) is 0 Å². The van der Waals surface area contributed by atoms with Gasteiger partial charge in [-0.2, -0.15) is 0 Å². The van der Waals surface area contributed by atoms with E-state index in [9.17, 15) is 4.79 Å². The fraction of sp³-hybridized carbons (Fsp3) is 0.150. The number of aryl methyl sites for hydroxylation is 1. The molecule has 0 aliphatic rings. The third-order valence-corrected chi connectivity index (χ3v) is 4.22. The maximum absolute atomic E-state index is 12.3. The molecule has 0 saturated heterocycles. The second-order valence-corrected chi connectivity index (χ2v) is 6.31. The average Bonchev–Trinajstić information content (AvgIpc) is 2.66. The standard InChI is InChI=1S/C20H19ClN4O/c1-14-5-4-6-15(9-14)11-23-20(26)18-10-19(25-13-24-18)22-12-16-7-2-3-8-17(16)21/h2-10,13H,11-12H2,1H3,(H,23,26)(H,22,24,25). The highest BCUT2D eigenvalue weighted by molar-refractivity contribution is 6.31. The summed E-state index contributed by atoms with van der Waals surface area (Å²) >= 11 is 6.15. The predicted octanol–water partition coefficient (Wildman–Crippen LogP) is 3.98. The molecule has 0 aliphatic heterocycles. The SMILES string of the molecule is Cc1cccc(CNC(=O)c2cc(NCc3ccccc3Cl)ncn2)c1. The molecule has 0 saturated carbocycles. The van der Waals surface area contributed by atoms with E-state index < -0.39 is 0 Å². The van der Waals surface area contributed by atoms with Crippen LogP contribution in [0.25, 0.3) is 0 Å². The zero-order chi connectivity index (χ0) is 18.4. The number of nitrogens with zero attached hydrogens (tertiary/aromatic N) is 2. The molecular formula is C20H19ClN4O. The van der Waals surface area contributed by atoms with Crippen molar-refractivity contribution in [1.82, 2.24) is 15.3 Å². The zero-order valence-corrected chi connectivity index (χ0v) is 15.1. The Bertz CT molecular complexity index is 914. The molecule has 0 atom stereocenters. The summed E-state index contributed by atoms with van der Waals surface area (Å²) in [4.78, 5) is 20.5. The molecule has 0 spiro atoms. The van der Waals surface area contributed by atoms with Gasteiger partial charge in [0, 0.05) is 24.2 Å². The monoisotopic (exact) mass is 366 g/mol.